The summed E-state index contributed by atoms with van der Waals surface area (Å²) in [5, 5.41) is 3.48. The normalized spacial score (nSPS) is 43.4. The van der Waals surface area contributed by atoms with Gasteiger partial charge in [-0.2, -0.15) is 0 Å². The summed E-state index contributed by atoms with van der Waals surface area (Å²) in [6.45, 7) is 7.32. The zero-order valence-corrected chi connectivity index (χ0v) is 7.64. The molecule has 2 unspecified atom stereocenters. The van der Waals surface area contributed by atoms with Crippen LogP contribution in [0, 0.1) is 23.7 Å². The van der Waals surface area contributed by atoms with E-state index in [9.17, 15) is 0 Å². The summed E-state index contributed by atoms with van der Waals surface area (Å²) in [4.78, 5) is 0. The van der Waals surface area contributed by atoms with Gasteiger partial charge in [0.25, 0.3) is 0 Å². The van der Waals surface area contributed by atoms with Crippen LogP contribution in [-0.2, 0) is 0 Å². The van der Waals surface area contributed by atoms with Crippen LogP contribution in [-0.4, -0.2) is 13.1 Å². The first-order valence-electron chi connectivity index (χ1n) is 4.99. The van der Waals surface area contributed by atoms with Crippen molar-refractivity contribution < 1.29 is 0 Å². The molecule has 1 aliphatic heterocycles. The van der Waals surface area contributed by atoms with Crippen LogP contribution in [0.3, 0.4) is 0 Å². The largest absolute Gasteiger partial charge is 0.316 e. The van der Waals surface area contributed by atoms with Gasteiger partial charge in [-0.15, -0.1) is 0 Å². The van der Waals surface area contributed by atoms with Gasteiger partial charge in [-0.25, -0.2) is 0 Å². The SMILES string of the molecule is CC(C)C1C[C@@H]2CNCCC12. The summed E-state index contributed by atoms with van der Waals surface area (Å²) in [7, 11) is 0. The third-order valence-corrected chi connectivity index (χ3v) is 3.65. The zero-order chi connectivity index (χ0) is 7.84. The second-order valence-corrected chi connectivity index (χ2v) is 4.56. The molecule has 0 radical (unpaired) electrons. The average Bonchev–Trinajstić information content (AvgIpc) is 1.90. The molecule has 64 valence electrons. The fourth-order valence-corrected chi connectivity index (χ4v) is 2.86. The molecule has 2 aliphatic rings. The Morgan fingerprint density at radius 1 is 1.36 bits per heavy atom. The van der Waals surface area contributed by atoms with Gasteiger partial charge in [0, 0.05) is 0 Å². The first kappa shape index (κ1) is 7.60. The summed E-state index contributed by atoms with van der Waals surface area (Å²) >= 11 is 0. The van der Waals surface area contributed by atoms with Crippen molar-refractivity contribution in [3.05, 3.63) is 0 Å². The Labute approximate surface area is 69.6 Å². The highest BCUT2D eigenvalue weighted by Gasteiger charge is 2.42. The van der Waals surface area contributed by atoms with Crippen molar-refractivity contribution in [3.63, 3.8) is 0 Å². The minimum atomic E-state index is 0.925. The summed E-state index contributed by atoms with van der Waals surface area (Å²) in [5.74, 6) is 4.10. The van der Waals surface area contributed by atoms with Crippen molar-refractivity contribution >= 4 is 0 Å². The van der Waals surface area contributed by atoms with Crippen LogP contribution in [0.15, 0.2) is 0 Å². The van der Waals surface area contributed by atoms with Gasteiger partial charge < -0.3 is 5.32 Å². The van der Waals surface area contributed by atoms with E-state index in [4.69, 9.17) is 0 Å². The molecule has 1 aliphatic carbocycles. The summed E-state index contributed by atoms with van der Waals surface area (Å²) in [6.07, 6.45) is 2.93. The third-order valence-electron chi connectivity index (χ3n) is 3.65. The van der Waals surface area contributed by atoms with Crippen LogP contribution in [0.5, 0.6) is 0 Å². The second kappa shape index (κ2) is 2.78. The van der Waals surface area contributed by atoms with Crippen molar-refractivity contribution in [2.24, 2.45) is 23.7 Å². The highest BCUT2D eigenvalue weighted by atomic mass is 14.9. The molecule has 0 bridgehead atoms. The lowest BCUT2D eigenvalue weighted by atomic mass is 9.58. The fraction of sp³-hybridized carbons (Fsp3) is 1.00. The standard InChI is InChI=1S/C10H19N/c1-7(2)10-5-8-6-11-4-3-9(8)10/h7-11H,3-6H2,1-2H3/t8-,9?,10?/m1/s1. The van der Waals surface area contributed by atoms with Crippen LogP contribution in [0.4, 0.5) is 0 Å². The Kier molecular flexibility index (Phi) is 1.92. The van der Waals surface area contributed by atoms with Gasteiger partial charge in [0.2, 0.25) is 0 Å². The van der Waals surface area contributed by atoms with Gasteiger partial charge >= 0.3 is 0 Å². The van der Waals surface area contributed by atoms with Gasteiger partial charge in [0.1, 0.15) is 0 Å². The first-order chi connectivity index (χ1) is 5.29. The van der Waals surface area contributed by atoms with Crippen molar-refractivity contribution in [2.75, 3.05) is 13.1 Å². The molecule has 0 spiro atoms. The number of fused-ring (bicyclic) bond motifs is 1. The first-order valence-corrected chi connectivity index (χ1v) is 4.99. The highest BCUT2D eigenvalue weighted by Crippen LogP contribution is 2.47. The summed E-state index contributed by atoms with van der Waals surface area (Å²) in [6, 6.07) is 0. The van der Waals surface area contributed by atoms with E-state index in [-0.39, 0.29) is 0 Å². The molecule has 1 saturated heterocycles. The minimum Gasteiger partial charge on any atom is -0.316 e. The van der Waals surface area contributed by atoms with Gasteiger partial charge in [-0.1, -0.05) is 13.8 Å². The smallest absolute Gasteiger partial charge is 0.00176 e. The third kappa shape index (κ3) is 1.20. The van der Waals surface area contributed by atoms with Crippen LogP contribution in [0.1, 0.15) is 26.7 Å². The van der Waals surface area contributed by atoms with Gasteiger partial charge in [-0.3, -0.25) is 0 Å². The van der Waals surface area contributed by atoms with Crippen molar-refractivity contribution in [1.82, 2.24) is 5.32 Å². The molecule has 1 heteroatoms. The van der Waals surface area contributed by atoms with E-state index in [2.05, 4.69) is 19.2 Å². The van der Waals surface area contributed by atoms with Gasteiger partial charge in [-0.05, 0) is 49.6 Å². The Balaban J connectivity index is 1.91. The number of hydrogen-bond acceptors (Lipinski definition) is 1. The molecule has 3 atom stereocenters. The summed E-state index contributed by atoms with van der Waals surface area (Å²) in [5.41, 5.74) is 0. The number of hydrogen-bond donors (Lipinski definition) is 1. The molecule has 11 heavy (non-hydrogen) atoms. The minimum absolute atomic E-state index is 0.925. The maximum absolute atomic E-state index is 3.48. The predicted molar refractivity (Wildman–Crippen MR) is 47.4 cm³/mol. The lowest BCUT2D eigenvalue weighted by molar-refractivity contribution is 0.0103. The van der Waals surface area contributed by atoms with Crippen LogP contribution in [0.25, 0.3) is 0 Å². The number of rotatable bonds is 1. The Morgan fingerprint density at radius 3 is 2.82 bits per heavy atom. The van der Waals surface area contributed by atoms with Crippen LogP contribution in [0.2, 0.25) is 0 Å². The summed E-state index contributed by atoms with van der Waals surface area (Å²) < 4.78 is 0. The van der Waals surface area contributed by atoms with E-state index in [0.29, 0.717) is 0 Å². The highest BCUT2D eigenvalue weighted by molar-refractivity contribution is 4.94. The maximum atomic E-state index is 3.48. The van der Waals surface area contributed by atoms with Crippen molar-refractivity contribution in [3.8, 4) is 0 Å². The monoisotopic (exact) mass is 153 g/mol. The topological polar surface area (TPSA) is 12.0 Å². The van der Waals surface area contributed by atoms with Crippen molar-refractivity contribution in [2.45, 2.75) is 26.7 Å². The molecule has 0 aromatic heterocycles. The van der Waals surface area contributed by atoms with Crippen molar-refractivity contribution in [1.29, 1.82) is 0 Å². The average molecular weight is 153 g/mol. The molecule has 1 heterocycles. The van der Waals surface area contributed by atoms with Gasteiger partial charge in [0.15, 0.2) is 0 Å². The lowest BCUT2D eigenvalue weighted by Gasteiger charge is -2.50. The zero-order valence-electron chi connectivity index (χ0n) is 7.64. The molecule has 2 fully saturated rings. The van der Waals surface area contributed by atoms with E-state index in [1.165, 1.54) is 25.9 Å². The molecule has 1 nitrogen and oxygen atoms in total. The molecule has 1 saturated carbocycles. The Hall–Kier alpha value is -0.0400. The van der Waals surface area contributed by atoms with Gasteiger partial charge in [0.05, 0.1) is 0 Å². The van der Waals surface area contributed by atoms with Crippen LogP contribution < -0.4 is 5.32 Å². The molecule has 1 N–H and O–H groups in total. The molecular weight excluding hydrogens is 134 g/mol. The quantitative estimate of drug-likeness (QED) is 0.606. The van der Waals surface area contributed by atoms with E-state index in [1.54, 1.807) is 0 Å². The Morgan fingerprint density at radius 2 is 2.18 bits per heavy atom. The molecule has 0 amide bonds. The number of nitrogens with one attached hydrogen (secondary N) is 1. The molecular formula is C10H19N. The van der Waals surface area contributed by atoms with E-state index >= 15 is 0 Å². The van der Waals surface area contributed by atoms with E-state index in [0.717, 1.165) is 23.7 Å². The molecule has 0 aromatic rings. The molecule has 0 aromatic carbocycles. The predicted octanol–water partition coefficient (Wildman–Crippen LogP) is 1.89. The van der Waals surface area contributed by atoms with E-state index in [1.807, 2.05) is 0 Å². The lowest BCUT2D eigenvalue weighted by Crippen LogP contribution is -2.49. The van der Waals surface area contributed by atoms with Crippen LogP contribution >= 0.6 is 0 Å². The van der Waals surface area contributed by atoms with E-state index < -0.39 is 0 Å². The Bertz CT molecular complexity index is 142. The number of piperidine rings is 1. The molecule has 2 rings (SSSR count). The second-order valence-electron chi connectivity index (χ2n) is 4.56. The fourth-order valence-electron chi connectivity index (χ4n) is 2.86. The maximum Gasteiger partial charge on any atom is -0.00176 e.